The molecule has 2 rings (SSSR count). The molecule has 116 valence electrons. The number of benzene rings is 2. The van der Waals surface area contributed by atoms with Gasteiger partial charge in [-0.15, -0.1) is 0 Å². The van der Waals surface area contributed by atoms with Crippen molar-refractivity contribution in [2.75, 3.05) is 11.9 Å². The monoisotopic (exact) mass is 370 g/mol. The number of anilines is 1. The molecular weight excluding hydrogens is 356 g/mol. The van der Waals surface area contributed by atoms with Crippen LogP contribution in [0.15, 0.2) is 58.6 Å². The second kappa shape index (κ2) is 8.16. The molecule has 0 spiro atoms. The Balaban J connectivity index is 2.14. The SMILES string of the molecule is CCOc1ccc(NC(=O)/C(C#N)=C/c2ccccc2Br)cc1. The maximum absolute atomic E-state index is 12.2. The minimum atomic E-state index is -0.451. The number of amides is 1. The van der Waals surface area contributed by atoms with E-state index in [1.165, 1.54) is 0 Å². The fourth-order valence-corrected chi connectivity index (χ4v) is 2.30. The van der Waals surface area contributed by atoms with Gasteiger partial charge in [-0.2, -0.15) is 5.26 Å². The highest BCUT2D eigenvalue weighted by Crippen LogP contribution is 2.20. The molecule has 1 N–H and O–H groups in total. The predicted molar refractivity (Wildman–Crippen MR) is 94.0 cm³/mol. The zero-order chi connectivity index (χ0) is 16.7. The van der Waals surface area contributed by atoms with E-state index in [9.17, 15) is 10.1 Å². The van der Waals surface area contributed by atoms with Crippen LogP contribution < -0.4 is 10.1 Å². The summed E-state index contributed by atoms with van der Waals surface area (Å²) in [5, 5.41) is 11.9. The van der Waals surface area contributed by atoms with Crippen LogP contribution >= 0.6 is 15.9 Å². The molecule has 0 aliphatic rings. The Bertz CT molecular complexity index is 761. The highest BCUT2D eigenvalue weighted by molar-refractivity contribution is 9.10. The van der Waals surface area contributed by atoms with E-state index in [4.69, 9.17) is 4.74 Å². The van der Waals surface area contributed by atoms with Gasteiger partial charge in [0, 0.05) is 10.2 Å². The first-order chi connectivity index (χ1) is 11.1. The van der Waals surface area contributed by atoms with Crippen LogP contribution in [0.5, 0.6) is 5.75 Å². The first kappa shape index (κ1) is 16.8. The zero-order valence-corrected chi connectivity index (χ0v) is 14.1. The van der Waals surface area contributed by atoms with Crippen molar-refractivity contribution in [3.8, 4) is 11.8 Å². The van der Waals surface area contributed by atoms with E-state index >= 15 is 0 Å². The lowest BCUT2D eigenvalue weighted by atomic mass is 10.1. The molecular formula is C18H15BrN2O2. The number of hydrogen-bond donors (Lipinski definition) is 1. The molecule has 4 nitrogen and oxygen atoms in total. The Labute approximate surface area is 143 Å². The van der Waals surface area contributed by atoms with E-state index < -0.39 is 5.91 Å². The minimum absolute atomic E-state index is 0.0331. The largest absolute Gasteiger partial charge is 0.494 e. The highest BCUT2D eigenvalue weighted by Gasteiger charge is 2.10. The van der Waals surface area contributed by atoms with Gasteiger partial charge in [0.15, 0.2) is 0 Å². The summed E-state index contributed by atoms with van der Waals surface area (Å²) in [5.74, 6) is 0.280. The molecule has 1 amide bonds. The lowest BCUT2D eigenvalue weighted by Gasteiger charge is -2.07. The van der Waals surface area contributed by atoms with E-state index in [1.807, 2.05) is 37.3 Å². The van der Waals surface area contributed by atoms with Gasteiger partial charge in [-0.3, -0.25) is 4.79 Å². The average molecular weight is 371 g/mol. The van der Waals surface area contributed by atoms with E-state index in [-0.39, 0.29) is 5.57 Å². The van der Waals surface area contributed by atoms with Gasteiger partial charge in [0.1, 0.15) is 17.4 Å². The van der Waals surface area contributed by atoms with E-state index in [2.05, 4.69) is 21.2 Å². The molecule has 0 bridgehead atoms. The lowest BCUT2D eigenvalue weighted by molar-refractivity contribution is -0.112. The van der Waals surface area contributed by atoms with Crippen LogP contribution in [0.4, 0.5) is 5.69 Å². The molecule has 0 saturated heterocycles. The molecule has 0 aromatic heterocycles. The van der Waals surface area contributed by atoms with Crippen LogP contribution in [0.2, 0.25) is 0 Å². The number of ether oxygens (including phenoxy) is 1. The third kappa shape index (κ3) is 4.70. The second-order valence-electron chi connectivity index (χ2n) is 4.60. The first-order valence-corrected chi connectivity index (χ1v) is 7.84. The summed E-state index contributed by atoms with van der Waals surface area (Å²) in [6.45, 7) is 2.49. The molecule has 0 atom stereocenters. The molecule has 5 heteroatoms. The summed E-state index contributed by atoms with van der Waals surface area (Å²) >= 11 is 3.39. The maximum atomic E-state index is 12.2. The zero-order valence-electron chi connectivity index (χ0n) is 12.5. The van der Waals surface area contributed by atoms with Gasteiger partial charge >= 0.3 is 0 Å². The lowest BCUT2D eigenvalue weighted by Crippen LogP contribution is -2.13. The second-order valence-corrected chi connectivity index (χ2v) is 5.46. The summed E-state index contributed by atoms with van der Waals surface area (Å²) in [7, 11) is 0. The van der Waals surface area contributed by atoms with Crippen molar-refractivity contribution in [1.82, 2.24) is 0 Å². The standard InChI is InChI=1S/C18H15BrN2O2/c1-2-23-16-9-7-15(8-10-16)21-18(22)14(12-20)11-13-5-3-4-6-17(13)19/h3-11H,2H2,1H3,(H,21,22)/b14-11+. The van der Waals surface area contributed by atoms with E-state index in [1.54, 1.807) is 30.3 Å². The van der Waals surface area contributed by atoms with Crippen molar-refractivity contribution in [3.63, 3.8) is 0 Å². The van der Waals surface area contributed by atoms with Crippen molar-refractivity contribution in [3.05, 3.63) is 64.1 Å². The van der Waals surface area contributed by atoms with Crippen molar-refractivity contribution in [2.24, 2.45) is 0 Å². The third-order valence-electron chi connectivity index (χ3n) is 2.99. The molecule has 0 saturated carbocycles. The predicted octanol–water partition coefficient (Wildman–Crippen LogP) is 4.39. The molecule has 23 heavy (non-hydrogen) atoms. The van der Waals surface area contributed by atoms with Gasteiger partial charge in [-0.05, 0) is 48.9 Å². The molecule has 0 unspecified atom stereocenters. The minimum Gasteiger partial charge on any atom is -0.494 e. The molecule has 0 radical (unpaired) electrons. The Morgan fingerprint density at radius 2 is 1.96 bits per heavy atom. The molecule has 0 fully saturated rings. The van der Waals surface area contributed by atoms with Gasteiger partial charge in [0.2, 0.25) is 0 Å². The molecule has 0 aliphatic heterocycles. The van der Waals surface area contributed by atoms with E-state index in [0.717, 1.165) is 15.8 Å². The van der Waals surface area contributed by atoms with Gasteiger partial charge in [-0.1, -0.05) is 34.1 Å². The smallest absolute Gasteiger partial charge is 0.266 e. The van der Waals surface area contributed by atoms with Crippen molar-refractivity contribution in [2.45, 2.75) is 6.92 Å². The third-order valence-corrected chi connectivity index (χ3v) is 3.72. The maximum Gasteiger partial charge on any atom is 0.266 e. The molecule has 2 aromatic carbocycles. The van der Waals surface area contributed by atoms with Crippen LogP contribution in [0.3, 0.4) is 0 Å². The fraction of sp³-hybridized carbons (Fsp3) is 0.111. The van der Waals surface area contributed by atoms with Crippen LogP contribution in [-0.2, 0) is 4.79 Å². The van der Waals surface area contributed by atoms with Gasteiger partial charge in [-0.25, -0.2) is 0 Å². The average Bonchev–Trinajstić information content (AvgIpc) is 2.56. The normalized spacial score (nSPS) is 10.7. The van der Waals surface area contributed by atoms with Gasteiger partial charge in [0.25, 0.3) is 5.91 Å². The summed E-state index contributed by atoms with van der Waals surface area (Å²) in [6, 6.07) is 16.3. The summed E-state index contributed by atoms with van der Waals surface area (Å²) in [4.78, 5) is 12.2. The number of nitrogens with zero attached hydrogens (tertiary/aromatic N) is 1. The highest BCUT2D eigenvalue weighted by atomic mass is 79.9. The van der Waals surface area contributed by atoms with Crippen LogP contribution in [0, 0.1) is 11.3 Å². The summed E-state index contributed by atoms with van der Waals surface area (Å²) in [5.41, 5.74) is 1.41. The van der Waals surface area contributed by atoms with Crippen molar-refractivity contribution < 1.29 is 9.53 Å². The number of carbonyl (C=O) groups excluding carboxylic acids is 1. The number of rotatable bonds is 5. The molecule has 0 aliphatic carbocycles. The van der Waals surface area contributed by atoms with Crippen LogP contribution in [0.1, 0.15) is 12.5 Å². The Hall–Kier alpha value is -2.58. The molecule has 2 aromatic rings. The topological polar surface area (TPSA) is 62.1 Å². The fourth-order valence-electron chi connectivity index (χ4n) is 1.90. The van der Waals surface area contributed by atoms with Gasteiger partial charge < -0.3 is 10.1 Å². The number of carbonyl (C=O) groups is 1. The Morgan fingerprint density at radius 3 is 2.57 bits per heavy atom. The Morgan fingerprint density at radius 1 is 1.26 bits per heavy atom. The number of nitrogens with one attached hydrogen (secondary N) is 1. The first-order valence-electron chi connectivity index (χ1n) is 7.04. The van der Waals surface area contributed by atoms with Crippen LogP contribution in [0.25, 0.3) is 6.08 Å². The van der Waals surface area contributed by atoms with E-state index in [0.29, 0.717) is 12.3 Å². The Kier molecular flexibility index (Phi) is 5.95. The van der Waals surface area contributed by atoms with Crippen molar-refractivity contribution in [1.29, 1.82) is 5.26 Å². The number of hydrogen-bond acceptors (Lipinski definition) is 3. The van der Waals surface area contributed by atoms with Crippen molar-refractivity contribution >= 4 is 33.6 Å². The number of halogens is 1. The van der Waals surface area contributed by atoms with Gasteiger partial charge in [0.05, 0.1) is 6.61 Å². The number of nitriles is 1. The molecule has 0 heterocycles. The summed E-state index contributed by atoms with van der Waals surface area (Å²) < 4.78 is 6.17. The van der Waals surface area contributed by atoms with Crippen LogP contribution in [-0.4, -0.2) is 12.5 Å². The quantitative estimate of drug-likeness (QED) is 0.626. The summed E-state index contributed by atoms with van der Waals surface area (Å²) in [6.07, 6.45) is 1.55.